The second-order valence-electron chi connectivity index (χ2n) is 3.69. The van der Waals surface area contributed by atoms with E-state index in [1.807, 2.05) is 24.3 Å². The number of nitrogens with zero attached hydrogens (tertiary/aromatic N) is 2. The topological polar surface area (TPSA) is 63.0 Å². The number of hydrogen-bond acceptors (Lipinski definition) is 3. The standard InChI is InChI=1S/C13H9N3O2/c17-13(18-9-5-2-1-3-6-9)14-12-10-7-4-8-11(10)15-16-12/h1-8H,(H,14,16,17). The second kappa shape index (κ2) is 4.29. The molecule has 1 aromatic rings. The van der Waals surface area contributed by atoms with Crippen molar-refractivity contribution in [3.63, 3.8) is 0 Å². The fourth-order valence-corrected chi connectivity index (χ4v) is 1.67. The van der Waals surface area contributed by atoms with Gasteiger partial charge in [0, 0.05) is 5.57 Å². The first kappa shape index (κ1) is 10.5. The number of allylic oxidation sites excluding steroid dienone is 3. The van der Waals surface area contributed by atoms with Crippen molar-refractivity contribution in [2.45, 2.75) is 0 Å². The number of amides is 1. The van der Waals surface area contributed by atoms with E-state index < -0.39 is 6.09 Å². The van der Waals surface area contributed by atoms with Gasteiger partial charge in [0.15, 0.2) is 5.84 Å². The first-order valence-electron chi connectivity index (χ1n) is 5.41. The Kier molecular flexibility index (Phi) is 2.49. The maximum Gasteiger partial charge on any atom is 0.441 e. The Balaban J connectivity index is 1.72. The van der Waals surface area contributed by atoms with Crippen LogP contribution in [0.2, 0.25) is 0 Å². The Morgan fingerprint density at radius 1 is 1.28 bits per heavy atom. The molecule has 0 unspecified atom stereocenters. The predicted octanol–water partition coefficient (Wildman–Crippen LogP) is 2.04. The van der Waals surface area contributed by atoms with E-state index in [-0.39, 0.29) is 0 Å². The molecular weight excluding hydrogens is 230 g/mol. The van der Waals surface area contributed by atoms with Gasteiger partial charge in [-0.1, -0.05) is 24.3 Å². The lowest BCUT2D eigenvalue weighted by Crippen LogP contribution is -2.17. The maximum atomic E-state index is 11.6. The minimum absolute atomic E-state index is 0.413. The van der Waals surface area contributed by atoms with Gasteiger partial charge in [0.25, 0.3) is 0 Å². The van der Waals surface area contributed by atoms with Crippen LogP contribution in [0.1, 0.15) is 0 Å². The van der Waals surface area contributed by atoms with E-state index >= 15 is 0 Å². The molecule has 3 rings (SSSR count). The third-order valence-corrected chi connectivity index (χ3v) is 2.48. The number of fused-ring (bicyclic) bond motifs is 1. The summed E-state index contributed by atoms with van der Waals surface area (Å²) in [5.41, 5.74) is 4.28. The largest absolute Gasteiger partial charge is 0.441 e. The van der Waals surface area contributed by atoms with Crippen LogP contribution in [0.5, 0.6) is 5.75 Å². The van der Waals surface area contributed by atoms with Crippen LogP contribution in [0.25, 0.3) is 0 Å². The van der Waals surface area contributed by atoms with E-state index in [9.17, 15) is 4.79 Å². The number of carbonyl (C=O) groups is 1. The highest BCUT2D eigenvalue weighted by Gasteiger charge is 2.22. The Hall–Kier alpha value is -2.69. The van der Waals surface area contributed by atoms with Gasteiger partial charge >= 0.3 is 6.09 Å². The summed E-state index contributed by atoms with van der Waals surface area (Å²) in [4.78, 5) is 15.4. The summed E-state index contributed by atoms with van der Waals surface area (Å²) in [6.07, 6.45) is 4.86. The van der Waals surface area contributed by atoms with Gasteiger partial charge in [-0.25, -0.2) is 4.79 Å². The zero-order valence-corrected chi connectivity index (χ0v) is 9.33. The number of amidine groups is 1. The van der Waals surface area contributed by atoms with Gasteiger partial charge in [-0.15, -0.1) is 0 Å². The van der Waals surface area contributed by atoms with Gasteiger partial charge in [-0.05, 0) is 24.3 Å². The third-order valence-electron chi connectivity index (χ3n) is 2.48. The molecule has 1 aliphatic heterocycles. The molecule has 88 valence electrons. The molecule has 0 fully saturated rings. The lowest BCUT2D eigenvalue weighted by Gasteiger charge is -2.01. The Morgan fingerprint density at radius 2 is 2.11 bits per heavy atom. The average molecular weight is 239 g/mol. The van der Waals surface area contributed by atoms with Gasteiger partial charge in [0.1, 0.15) is 5.75 Å². The highest BCUT2D eigenvalue weighted by molar-refractivity contribution is 6.33. The molecule has 0 spiro atoms. The van der Waals surface area contributed by atoms with Crippen molar-refractivity contribution < 1.29 is 9.53 Å². The SMILES string of the molecule is O=C(/N=C1\NN=C2C=CC=C21)Oc1ccccc1. The molecule has 1 amide bonds. The van der Waals surface area contributed by atoms with Gasteiger partial charge < -0.3 is 4.74 Å². The van der Waals surface area contributed by atoms with Crippen LogP contribution >= 0.6 is 0 Å². The van der Waals surface area contributed by atoms with E-state index in [0.717, 1.165) is 11.3 Å². The number of carbonyl (C=O) groups excluding carboxylic acids is 1. The lowest BCUT2D eigenvalue weighted by atomic mass is 10.2. The summed E-state index contributed by atoms with van der Waals surface area (Å²) in [5, 5.41) is 4.01. The van der Waals surface area contributed by atoms with Crippen molar-refractivity contribution in [3.8, 4) is 5.75 Å². The molecule has 0 radical (unpaired) electrons. The van der Waals surface area contributed by atoms with Gasteiger partial charge in [-0.2, -0.15) is 10.1 Å². The number of benzene rings is 1. The van der Waals surface area contributed by atoms with E-state index in [0.29, 0.717) is 11.6 Å². The van der Waals surface area contributed by atoms with E-state index in [2.05, 4.69) is 15.5 Å². The minimum atomic E-state index is -0.673. The molecule has 1 N–H and O–H groups in total. The molecule has 0 bridgehead atoms. The molecule has 1 aromatic carbocycles. The first-order chi connectivity index (χ1) is 8.83. The van der Waals surface area contributed by atoms with Crippen molar-refractivity contribution in [1.29, 1.82) is 0 Å². The van der Waals surface area contributed by atoms with Crippen LogP contribution < -0.4 is 10.2 Å². The molecule has 0 saturated carbocycles. The highest BCUT2D eigenvalue weighted by Crippen LogP contribution is 2.15. The Bertz CT molecular complexity index is 612. The van der Waals surface area contributed by atoms with Crippen LogP contribution in [0.15, 0.2) is 64.2 Å². The molecule has 1 aliphatic carbocycles. The van der Waals surface area contributed by atoms with Crippen LogP contribution in [0, 0.1) is 0 Å². The van der Waals surface area contributed by atoms with Crippen molar-refractivity contribution in [1.82, 2.24) is 5.43 Å². The van der Waals surface area contributed by atoms with Crippen molar-refractivity contribution in [2.24, 2.45) is 10.1 Å². The summed E-state index contributed by atoms with van der Waals surface area (Å²) in [6.45, 7) is 0. The summed E-state index contributed by atoms with van der Waals surface area (Å²) in [6, 6.07) is 8.80. The van der Waals surface area contributed by atoms with Crippen molar-refractivity contribution in [2.75, 3.05) is 0 Å². The quantitative estimate of drug-likeness (QED) is 0.815. The second-order valence-corrected chi connectivity index (χ2v) is 3.69. The molecule has 0 saturated heterocycles. The molecular formula is C13H9N3O2. The number of hydrogen-bond donors (Lipinski definition) is 1. The van der Waals surface area contributed by atoms with E-state index in [4.69, 9.17) is 4.74 Å². The number of aliphatic imine (C=N–C) groups is 1. The van der Waals surface area contributed by atoms with Crippen LogP contribution in [-0.2, 0) is 0 Å². The van der Waals surface area contributed by atoms with Crippen molar-refractivity contribution >= 4 is 17.6 Å². The monoisotopic (exact) mass is 239 g/mol. The Morgan fingerprint density at radius 3 is 2.94 bits per heavy atom. The molecule has 2 aliphatic rings. The number of hydrazone groups is 1. The molecule has 1 heterocycles. The molecule has 0 atom stereocenters. The third kappa shape index (κ3) is 1.93. The highest BCUT2D eigenvalue weighted by atomic mass is 16.5. The lowest BCUT2D eigenvalue weighted by molar-refractivity contribution is 0.211. The van der Waals surface area contributed by atoms with Crippen molar-refractivity contribution in [3.05, 3.63) is 54.1 Å². The minimum Gasteiger partial charge on any atom is -0.409 e. The fraction of sp³-hybridized carbons (Fsp3) is 0. The summed E-state index contributed by atoms with van der Waals surface area (Å²) < 4.78 is 5.06. The number of ether oxygens (including phenoxy) is 1. The molecule has 0 aromatic heterocycles. The smallest absolute Gasteiger partial charge is 0.409 e. The van der Waals surface area contributed by atoms with Gasteiger partial charge in [0.05, 0.1) is 5.71 Å². The molecule has 5 nitrogen and oxygen atoms in total. The number of nitrogens with one attached hydrogen (secondary N) is 1. The molecule has 18 heavy (non-hydrogen) atoms. The number of rotatable bonds is 1. The van der Waals surface area contributed by atoms with Crippen LogP contribution in [0.3, 0.4) is 0 Å². The predicted molar refractivity (Wildman–Crippen MR) is 67.7 cm³/mol. The van der Waals surface area contributed by atoms with E-state index in [1.165, 1.54) is 0 Å². The summed E-state index contributed by atoms with van der Waals surface area (Å²) >= 11 is 0. The summed E-state index contributed by atoms with van der Waals surface area (Å²) in [5.74, 6) is 0.875. The first-order valence-corrected chi connectivity index (χ1v) is 5.41. The molecule has 5 heteroatoms. The zero-order valence-electron chi connectivity index (χ0n) is 9.33. The van der Waals surface area contributed by atoms with E-state index in [1.54, 1.807) is 24.3 Å². The van der Waals surface area contributed by atoms with Crippen LogP contribution in [0.4, 0.5) is 4.79 Å². The number of para-hydroxylation sites is 1. The fourth-order valence-electron chi connectivity index (χ4n) is 1.67. The Labute approximate surface area is 103 Å². The zero-order chi connectivity index (χ0) is 12.4. The summed E-state index contributed by atoms with van der Waals surface area (Å²) in [7, 11) is 0. The maximum absolute atomic E-state index is 11.6. The van der Waals surface area contributed by atoms with Crippen LogP contribution in [-0.4, -0.2) is 17.6 Å². The average Bonchev–Trinajstić information content (AvgIpc) is 2.95. The van der Waals surface area contributed by atoms with Gasteiger partial charge in [-0.3, -0.25) is 5.43 Å². The normalized spacial score (nSPS) is 18.1. The van der Waals surface area contributed by atoms with Gasteiger partial charge in [0.2, 0.25) is 0 Å².